The first-order valence-electron chi connectivity index (χ1n) is 9.29. The highest BCUT2D eigenvalue weighted by molar-refractivity contribution is 9.10. The Morgan fingerprint density at radius 1 is 0.800 bits per heavy atom. The second-order valence-electron chi connectivity index (χ2n) is 6.59. The van der Waals surface area contributed by atoms with Crippen molar-refractivity contribution in [2.24, 2.45) is 0 Å². The van der Waals surface area contributed by atoms with Gasteiger partial charge in [-0.25, -0.2) is 9.48 Å². The summed E-state index contributed by atoms with van der Waals surface area (Å²) in [5.74, 6) is -0.153. The average molecular weight is 461 g/mol. The van der Waals surface area contributed by atoms with Crippen molar-refractivity contribution in [3.8, 4) is 28.1 Å². The van der Waals surface area contributed by atoms with Crippen molar-refractivity contribution in [2.75, 3.05) is 0 Å². The van der Waals surface area contributed by atoms with E-state index in [0.29, 0.717) is 11.4 Å². The van der Waals surface area contributed by atoms with Gasteiger partial charge in [0.15, 0.2) is 0 Å². The Hall–Kier alpha value is -3.51. The van der Waals surface area contributed by atoms with Gasteiger partial charge in [-0.15, -0.1) is 0 Å². The van der Waals surface area contributed by atoms with E-state index in [0.717, 1.165) is 25.8 Å². The van der Waals surface area contributed by atoms with E-state index in [1.807, 2.05) is 66.7 Å². The van der Waals surface area contributed by atoms with Crippen molar-refractivity contribution < 1.29 is 9.53 Å². The molecule has 0 amide bonds. The normalized spacial score (nSPS) is 10.6. The summed E-state index contributed by atoms with van der Waals surface area (Å²) in [6, 6.07) is 27.7. The van der Waals surface area contributed by atoms with Crippen molar-refractivity contribution in [2.45, 2.75) is 6.54 Å². The first kappa shape index (κ1) is 19.8. The lowest BCUT2D eigenvalue weighted by Crippen LogP contribution is -2.28. The molecule has 0 saturated carbocycles. The molecule has 6 heteroatoms. The molecule has 0 unspecified atom stereocenters. The maximum atomic E-state index is 12.3. The molecular weight excluding hydrogens is 444 g/mol. The lowest BCUT2D eigenvalue weighted by atomic mass is 10.1. The number of aromatic nitrogens is 2. The highest BCUT2D eigenvalue weighted by atomic mass is 79.9. The number of hydrogen-bond donors (Lipinski definition) is 0. The Balaban J connectivity index is 1.46. The van der Waals surface area contributed by atoms with Crippen molar-refractivity contribution in [1.29, 1.82) is 0 Å². The van der Waals surface area contributed by atoms with Gasteiger partial charge in [0, 0.05) is 16.1 Å². The molecule has 4 aromatic rings. The summed E-state index contributed by atoms with van der Waals surface area (Å²) < 4.78 is 7.51. The quantitative estimate of drug-likeness (QED) is 0.312. The lowest BCUT2D eigenvalue weighted by Gasteiger charge is -2.08. The van der Waals surface area contributed by atoms with Crippen LogP contribution < -0.4 is 10.3 Å². The Kier molecular flexibility index (Phi) is 5.86. The van der Waals surface area contributed by atoms with Crippen molar-refractivity contribution in [1.82, 2.24) is 9.78 Å². The number of nitrogens with zero attached hydrogens (tertiary/aromatic N) is 2. The van der Waals surface area contributed by atoms with Gasteiger partial charge in [-0.2, -0.15) is 5.10 Å². The third-order valence-electron chi connectivity index (χ3n) is 4.48. The van der Waals surface area contributed by atoms with Gasteiger partial charge >= 0.3 is 5.97 Å². The number of benzene rings is 3. The SMILES string of the molecule is O=C(Cn1nc(-c2ccccc2)ccc1=O)Oc1ccc(-c2ccc(Br)cc2)cc1. The Labute approximate surface area is 181 Å². The van der Waals surface area contributed by atoms with Crippen LogP contribution in [0.3, 0.4) is 0 Å². The zero-order valence-corrected chi connectivity index (χ0v) is 17.5. The predicted molar refractivity (Wildman–Crippen MR) is 119 cm³/mol. The Morgan fingerprint density at radius 2 is 1.43 bits per heavy atom. The van der Waals surface area contributed by atoms with Gasteiger partial charge in [0.05, 0.1) is 5.69 Å². The van der Waals surface area contributed by atoms with Crippen LogP contribution in [0.25, 0.3) is 22.4 Å². The molecule has 1 heterocycles. The molecule has 0 saturated heterocycles. The molecule has 0 aliphatic carbocycles. The monoisotopic (exact) mass is 460 g/mol. The maximum Gasteiger partial charge on any atom is 0.333 e. The fourth-order valence-corrected chi connectivity index (χ4v) is 3.23. The minimum absolute atomic E-state index is 0.270. The van der Waals surface area contributed by atoms with E-state index in [-0.39, 0.29) is 12.1 Å². The van der Waals surface area contributed by atoms with E-state index in [9.17, 15) is 9.59 Å². The summed E-state index contributed by atoms with van der Waals surface area (Å²) in [6.45, 7) is -0.270. The van der Waals surface area contributed by atoms with Crippen molar-refractivity contribution in [3.63, 3.8) is 0 Å². The van der Waals surface area contributed by atoms with E-state index in [2.05, 4.69) is 21.0 Å². The first-order chi connectivity index (χ1) is 14.6. The zero-order chi connectivity index (χ0) is 20.9. The molecule has 0 aliphatic rings. The molecule has 0 aliphatic heterocycles. The fourth-order valence-electron chi connectivity index (χ4n) is 2.97. The molecule has 5 nitrogen and oxygen atoms in total. The summed E-state index contributed by atoms with van der Waals surface area (Å²) in [6.07, 6.45) is 0. The number of carbonyl (C=O) groups excluding carboxylic acids is 1. The summed E-state index contributed by atoms with van der Waals surface area (Å²) in [4.78, 5) is 24.5. The molecule has 0 bridgehead atoms. The van der Waals surface area contributed by atoms with Crippen molar-refractivity contribution in [3.05, 3.63) is 106 Å². The molecule has 0 N–H and O–H groups in total. The molecule has 148 valence electrons. The topological polar surface area (TPSA) is 61.2 Å². The highest BCUT2D eigenvalue weighted by Crippen LogP contribution is 2.24. The third-order valence-corrected chi connectivity index (χ3v) is 5.01. The number of hydrogen-bond acceptors (Lipinski definition) is 4. The zero-order valence-electron chi connectivity index (χ0n) is 15.9. The number of halogens is 1. The van der Waals surface area contributed by atoms with Gasteiger partial charge in [0.25, 0.3) is 5.56 Å². The van der Waals surface area contributed by atoms with Gasteiger partial charge in [0.1, 0.15) is 12.3 Å². The highest BCUT2D eigenvalue weighted by Gasteiger charge is 2.10. The number of rotatable bonds is 5. The molecule has 0 spiro atoms. The molecule has 0 radical (unpaired) electrons. The van der Waals surface area contributed by atoms with Gasteiger partial charge in [-0.3, -0.25) is 4.79 Å². The molecule has 1 aromatic heterocycles. The van der Waals surface area contributed by atoms with Crippen LogP contribution in [0.15, 0.2) is 100 Å². The van der Waals surface area contributed by atoms with Crippen LogP contribution in [0.1, 0.15) is 0 Å². The van der Waals surface area contributed by atoms with E-state index < -0.39 is 5.97 Å². The first-order valence-corrected chi connectivity index (χ1v) is 10.1. The standard InChI is InChI=1S/C24H17BrN2O3/c25-20-10-6-17(7-11-20)18-8-12-21(13-9-18)30-24(29)16-27-23(28)15-14-22(26-27)19-4-2-1-3-5-19/h1-15H,16H2. The Bertz CT molecular complexity index is 1220. The van der Waals surface area contributed by atoms with E-state index in [1.54, 1.807) is 18.2 Å². The summed E-state index contributed by atoms with van der Waals surface area (Å²) >= 11 is 3.42. The minimum Gasteiger partial charge on any atom is -0.425 e. The molecule has 30 heavy (non-hydrogen) atoms. The minimum atomic E-state index is -0.564. The second-order valence-corrected chi connectivity index (χ2v) is 7.50. The Morgan fingerprint density at radius 3 is 2.10 bits per heavy atom. The number of ether oxygens (including phenoxy) is 1. The van der Waals surface area contributed by atoms with Gasteiger partial charge in [-0.1, -0.05) is 70.5 Å². The molecule has 0 fully saturated rings. The second kappa shape index (κ2) is 8.88. The smallest absolute Gasteiger partial charge is 0.333 e. The van der Waals surface area contributed by atoms with E-state index in [4.69, 9.17) is 4.74 Å². The summed E-state index contributed by atoms with van der Waals surface area (Å²) in [5, 5.41) is 4.28. The van der Waals surface area contributed by atoms with Crippen LogP contribution in [-0.4, -0.2) is 15.7 Å². The molecule has 4 rings (SSSR count). The number of esters is 1. The van der Waals surface area contributed by atoms with Gasteiger partial charge < -0.3 is 4.74 Å². The van der Waals surface area contributed by atoms with E-state index >= 15 is 0 Å². The fraction of sp³-hybridized carbons (Fsp3) is 0.0417. The van der Waals surface area contributed by atoms with Crippen LogP contribution in [0.5, 0.6) is 5.75 Å². The van der Waals surface area contributed by atoms with Gasteiger partial charge in [0.2, 0.25) is 0 Å². The van der Waals surface area contributed by atoms with Crippen LogP contribution in [0, 0.1) is 0 Å². The molecular formula is C24H17BrN2O3. The van der Waals surface area contributed by atoms with E-state index in [1.165, 1.54) is 6.07 Å². The maximum absolute atomic E-state index is 12.3. The average Bonchev–Trinajstić information content (AvgIpc) is 2.77. The lowest BCUT2D eigenvalue weighted by molar-refractivity contribution is -0.135. The largest absolute Gasteiger partial charge is 0.425 e. The van der Waals surface area contributed by atoms with Crippen LogP contribution in [-0.2, 0) is 11.3 Å². The summed E-state index contributed by atoms with van der Waals surface area (Å²) in [7, 11) is 0. The van der Waals surface area contributed by atoms with Crippen molar-refractivity contribution >= 4 is 21.9 Å². The van der Waals surface area contributed by atoms with Crippen LogP contribution in [0.4, 0.5) is 0 Å². The number of carbonyl (C=O) groups is 1. The summed E-state index contributed by atoms with van der Waals surface area (Å²) in [5.41, 5.74) is 3.18. The van der Waals surface area contributed by atoms with Gasteiger partial charge in [-0.05, 0) is 41.5 Å². The van der Waals surface area contributed by atoms with Crippen LogP contribution >= 0.6 is 15.9 Å². The molecule has 3 aromatic carbocycles. The van der Waals surface area contributed by atoms with Crippen LogP contribution in [0.2, 0.25) is 0 Å². The predicted octanol–water partition coefficient (Wildman–Crippen LogP) is 4.95. The molecule has 0 atom stereocenters. The third kappa shape index (κ3) is 4.72.